The van der Waals surface area contributed by atoms with Gasteiger partial charge in [-0.2, -0.15) is 0 Å². The normalized spacial score (nSPS) is 15.8. The Morgan fingerprint density at radius 1 is 1.25 bits per heavy atom. The van der Waals surface area contributed by atoms with Gasteiger partial charge in [0.05, 0.1) is 0 Å². The van der Waals surface area contributed by atoms with Crippen LogP contribution in [0.3, 0.4) is 0 Å². The minimum Gasteiger partial charge on any atom is -0.336 e. The van der Waals surface area contributed by atoms with Gasteiger partial charge in [0.1, 0.15) is 5.82 Å². The molecule has 1 aliphatic rings. The van der Waals surface area contributed by atoms with E-state index in [1.54, 1.807) is 12.1 Å². The topological polar surface area (TPSA) is 20.3 Å². The largest absolute Gasteiger partial charge is 0.336 e. The minimum absolute atomic E-state index is 0.175. The summed E-state index contributed by atoms with van der Waals surface area (Å²) in [6, 6.07) is 6.60. The van der Waals surface area contributed by atoms with Gasteiger partial charge in [-0.1, -0.05) is 25.0 Å². The van der Waals surface area contributed by atoms with Crippen molar-refractivity contribution in [3.8, 4) is 0 Å². The monoisotopic (exact) mass is 277 g/mol. The van der Waals surface area contributed by atoms with Crippen LogP contribution < -0.4 is 0 Å². The van der Waals surface area contributed by atoms with E-state index in [2.05, 4.69) is 0 Å². The molecule has 0 N–H and O–H groups in total. The van der Waals surface area contributed by atoms with Crippen molar-refractivity contribution in [1.29, 1.82) is 0 Å². The average molecular weight is 277 g/mol. The van der Waals surface area contributed by atoms with E-state index in [1.807, 2.05) is 18.7 Å². The van der Waals surface area contributed by atoms with Gasteiger partial charge in [-0.15, -0.1) is 0 Å². The predicted octanol–water partition coefficient (Wildman–Crippen LogP) is 4.14. The smallest absolute Gasteiger partial charge is 0.223 e. The number of hydrogen-bond donors (Lipinski definition) is 0. The molecule has 0 aliphatic heterocycles. The molecule has 0 aromatic heterocycles. The van der Waals surface area contributed by atoms with Crippen LogP contribution >= 0.6 is 0 Å². The Labute approximate surface area is 121 Å². The number of benzene rings is 1. The van der Waals surface area contributed by atoms with E-state index in [-0.39, 0.29) is 17.8 Å². The van der Waals surface area contributed by atoms with E-state index in [1.165, 1.54) is 37.8 Å². The van der Waals surface area contributed by atoms with Gasteiger partial charge in [0.2, 0.25) is 5.91 Å². The van der Waals surface area contributed by atoms with Crippen molar-refractivity contribution in [2.45, 2.75) is 58.5 Å². The van der Waals surface area contributed by atoms with Crippen molar-refractivity contribution in [3.63, 3.8) is 0 Å². The van der Waals surface area contributed by atoms with Gasteiger partial charge in [-0.3, -0.25) is 4.79 Å². The second-order valence-electron chi connectivity index (χ2n) is 6.10. The summed E-state index contributed by atoms with van der Waals surface area (Å²) < 4.78 is 12.9. The van der Waals surface area contributed by atoms with Crippen molar-refractivity contribution >= 4 is 5.91 Å². The third-order valence-electron chi connectivity index (χ3n) is 4.15. The molecule has 20 heavy (non-hydrogen) atoms. The number of halogens is 1. The molecule has 0 radical (unpaired) electrons. The minimum atomic E-state index is -0.234. The molecule has 1 saturated carbocycles. The summed E-state index contributed by atoms with van der Waals surface area (Å²) in [5.74, 6) is 0.565. The number of rotatable bonds is 5. The van der Waals surface area contributed by atoms with Crippen LogP contribution in [0, 0.1) is 11.7 Å². The molecule has 2 rings (SSSR count). The summed E-state index contributed by atoms with van der Waals surface area (Å²) in [7, 11) is 0. The number of carbonyl (C=O) groups is 1. The third kappa shape index (κ3) is 4.06. The fraction of sp³-hybridized carbons (Fsp3) is 0.588. The predicted molar refractivity (Wildman–Crippen MR) is 78.7 cm³/mol. The maximum Gasteiger partial charge on any atom is 0.223 e. The van der Waals surface area contributed by atoms with Gasteiger partial charge in [0.15, 0.2) is 0 Å². The fourth-order valence-electron chi connectivity index (χ4n) is 2.92. The van der Waals surface area contributed by atoms with Crippen LogP contribution in [0.15, 0.2) is 24.3 Å². The maximum atomic E-state index is 12.9. The molecule has 0 saturated heterocycles. The molecule has 1 aliphatic carbocycles. The first kappa shape index (κ1) is 15.0. The van der Waals surface area contributed by atoms with E-state index < -0.39 is 0 Å². The van der Waals surface area contributed by atoms with Crippen molar-refractivity contribution < 1.29 is 9.18 Å². The van der Waals surface area contributed by atoms with Crippen LogP contribution in [-0.4, -0.2) is 16.8 Å². The van der Waals surface area contributed by atoms with Gasteiger partial charge < -0.3 is 4.90 Å². The lowest BCUT2D eigenvalue weighted by Gasteiger charge is -2.28. The number of amides is 1. The number of hydrogen-bond acceptors (Lipinski definition) is 1. The SMILES string of the molecule is CC(C)N(Cc1ccc(F)cc1)C(=O)CC1CCCC1. The lowest BCUT2D eigenvalue weighted by Crippen LogP contribution is -2.37. The lowest BCUT2D eigenvalue weighted by atomic mass is 10.0. The van der Waals surface area contributed by atoms with Crippen molar-refractivity contribution in [1.82, 2.24) is 4.90 Å². The fourth-order valence-corrected chi connectivity index (χ4v) is 2.92. The Balaban J connectivity index is 1.98. The van der Waals surface area contributed by atoms with Crippen LogP contribution in [0.25, 0.3) is 0 Å². The molecule has 0 heterocycles. The average Bonchev–Trinajstić information content (AvgIpc) is 2.90. The van der Waals surface area contributed by atoms with E-state index in [0.717, 1.165) is 5.56 Å². The summed E-state index contributed by atoms with van der Waals surface area (Å²) in [4.78, 5) is 14.4. The highest BCUT2D eigenvalue weighted by Gasteiger charge is 2.23. The zero-order chi connectivity index (χ0) is 14.5. The van der Waals surface area contributed by atoms with Gasteiger partial charge in [-0.25, -0.2) is 4.39 Å². The molecule has 1 aromatic rings. The molecule has 110 valence electrons. The Hall–Kier alpha value is -1.38. The Morgan fingerprint density at radius 3 is 2.40 bits per heavy atom. The van der Waals surface area contributed by atoms with Crippen LogP contribution in [-0.2, 0) is 11.3 Å². The van der Waals surface area contributed by atoms with Crippen LogP contribution in [0.5, 0.6) is 0 Å². The summed E-state index contributed by atoms with van der Waals surface area (Å²) in [5, 5.41) is 0. The standard InChI is InChI=1S/C17H24FNO/c1-13(2)19(12-15-7-9-16(18)10-8-15)17(20)11-14-5-3-4-6-14/h7-10,13-14H,3-6,11-12H2,1-2H3. The summed E-state index contributed by atoms with van der Waals surface area (Å²) in [6.07, 6.45) is 5.57. The van der Waals surface area contributed by atoms with E-state index in [0.29, 0.717) is 18.9 Å². The molecule has 0 unspecified atom stereocenters. The molecule has 0 atom stereocenters. The van der Waals surface area contributed by atoms with E-state index >= 15 is 0 Å². The molecular formula is C17H24FNO. The first-order valence-corrected chi connectivity index (χ1v) is 7.60. The van der Waals surface area contributed by atoms with Crippen LogP contribution in [0.1, 0.15) is 51.5 Å². The summed E-state index contributed by atoms with van der Waals surface area (Å²) in [6.45, 7) is 4.65. The molecule has 0 bridgehead atoms. The summed E-state index contributed by atoms with van der Waals surface area (Å²) >= 11 is 0. The second-order valence-corrected chi connectivity index (χ2v) is 6.10. The van der Waals surface area contributed by atoms with Gasteiger partial charge in [0, 0.05) is 19.0 Å². The Bertz CT molecular complexity index is 435. The molecule has 1 aromatic carbocycles. The summed E-state index contributed by atoms with van der Waals surface area (Å²) in [5.41, 5.74) is 0.986. The zero-order valence-corrected chi connectivity index (χ0v) is 12.4. The van der Waals surface area contributed by atoms with Crippen molar-refractivity contribution in [2.24, 2.45) is 5.92 Å². The highest BCUT2D eigenvalue weighted by molar-refractivity contribution is 5.76. The van der Waals surface area contributed by atoms with Gasteiger partial charge >= 0.3 is 0 Å². The molecule has 0 spiro atoms. The quantitative estimate of drug-likeness (QED) is 0.792. The van der Waals surface area contributed by atoms with Crippen LogP contribution in [0.4, 0.5) is 4.39 Å². The van der Waals surface area contributed by atoms with Gasteiger partial charge in [-0.05, 0) is 50.3 Å². The van der Waals surface area contributed by atoms with E-state index in [4.69, 9.17) is 0 Å². The molecule has 2 nitrogen and oxygen atoms in total. The van der Waals surface area contributed by atoms with Gasteiger partial charge in [0.25, 0.3) is 0 Å². The molecule has 1 amide bonds. The number of nitrogens with zero attached hydrogens (tertiary/aromatic N) is 1. The Morgan fingerprint density at radius 2 is 1.85 bits per heavy atom. The molecular weight excluding hydrogens is 253 g/mol. The third-order valence-corrected chi connectivity index (χ3v) is 4.15. The second kappa shape index (κ2) is 6.87. The highest BCUT2D eigenvalue weighted by atomic mass is 19.1. The van der Waals surface area contributed by atoms with Crippen LogP contribution in [0.2, 0.25) is 0 Å². The van der Waals surface area contributed by atoms with E-state index in [9.17, 15) is 9.18 Å². The number of carbonyl (C=O) groups excluding carboxylic acids is 1. The molecule has 1 fully saturated rings. The first-order valence-electron chi connectivity index (χ1n) is 7.60. The lowest BCUT2D eigenvalue weighted by molar-refractivity contribution is -0.134. The first-order chi connectivity index (χ1) is 9.56. The maximum absolute atomic E-state index is 12.9. The zero-order valence-electron chi connectivity index (χ0n) is 12.4. The van der Waals surface area contributed by atoms with Crippen molar-refractivity contribution in [3.05, 3.63) is 35.6 Å². The Kier molecular flexibility index (Phi) is 5.16. The van der Waals surface area contributed by atoms with Crippen molar-refractivity contribution in [2.75, 3.05) is 0 Å². The molecule has 3 heteroatoms. The highest BCUT2D eigenvalue weighted by Crippen LogP contribution is 2.28.